The maximum absolute atomic E-state index is 6.28. The van der Waals surface area contributed by atoms with E-state index >= 15 is 0 Å². The summed E-state index contributed by atoms with van der Waals surface area (Å²) in [7, 11) is 1.66. The van der Waals surface area contributed by atoms with Gasteiger partial charge in [0.15, 0.2) is 0 Å². The van der Waals surface area contributed by atoms with Gasteiger partial charge in [0, 0.05) is 17.0 Å². The molecule has 0 saturated heterocycles. The van der Waals surface area contributed by atoms with Crippen molar-refractivity contribution < 1.29 is 9.15 Å². The van der Waals surface area contributed by atoms with Crippen molar-refractivity contribution in [2.75, 3.05) is 12.5 Å². The summed E-state index contributed by atoms with van der Waals surface area (Å²) in [6.07, 6.45) is 0. The fraction of sp³-hybridized carbons (Fsp3) is 0.120. The molecule has 0 bridgehead atoms. The highest BCUT2D eigenvalue weighted by molar-refractivity contribution is 7.22. The molecule has 0 unspecified atom stereocenters. The van der Waals surface area contributed by atoms with Gasteiger partial charge in [-0.15, -0.1) is 0 Å². The quantitative estimate of drug-likeness (QED) is 0.344. The zero-order chi connectivity index (χ0) is 21.4. The van der Waals surface area contributed by atoms with Crippen molar-refractivity contribution in [3.8, 4) is 17.1 Å². The summed E-state index contributed by atoms with van der Waals surface area (Å²) in [6.45, 7) is 4.15. The highest BCUT2D eigenvalue weighted by Gasteiger charge is 2.10. The maximum atomic E-state index is 6.28. The molecule has 0 fully saturated rings. The van der Waals surface area contributed by atoms with Gasteiger partial charge in [0.2, 0.25) is 5.13 Å². The average Bonchev–Trinajstić information content (AvgIpc) is 3.20. The molecule has 0 saturated carbocycles. The third kappa shape index (κ3) is 3.78. The fourth-order valence-corrected chi connectivity index (χ4v) is 4.50. The van der Waals surface area contributed by atoms with Crippen molar-refractivity contribution in [1.29, 1.82) is 0 Å². The Labute approximate surface area is 183 Å². The van der Waals surface area contributed by atoms with Crippen molar-refractivity contribution in [1.82, 2.24) is 4.98 Å². The van der Waals surface area contributed by atoms with Crippen LogP contribution < -0.4 is 15.5 Å². The first kappa shape index (κ1) is 19.3. The number of nitrogens with zero attached hydrogens (tertiary/aromatic N) is 2. The second-order valence-corrected chi connectivity index (χ2v) is 8.42. The van der Waals surface area contributed by atoms with Crippen LogP contribution in [0.4, 0.5) is 5.13 Å². The summed E-state index contributed by atoms with van der Waals surface area (Å²) in [4.78, 5) is 4.62. The van der Waals surface area contributed by atoms with Gasteiger partial charge in [-0.2, -0.15) is 5.10 Å². The van der Waals surface area contributed by atoms with E-state index in [2.05, 4.69) is 36.4 Å². The second kappa shape index (κ2) is 7.89. The van der Waals surface area contributed by atoms with Crippen LogP contribution >= 0.6 is 11.3 Å². The minimum Gasteiger partial charge on any atom is -0.497 e. The molecule has 1 N–H and O–H groups in total. The first-order valence-electron chi connectivity index (χ1n) is 9.95. The normalized spacial score (nSPS) is 11.9. The van der Waals surface area contributed by atoms with Crippen LogP contribution in [0.2, 0.25) is 0 Å². The van der Waals surface area contributed by atoms with E-state index in [9.17, 15) is 0 Å². The minimum atomic E-state index is 0.741. The van der Waals surface area contributed by atoms with Crippen LogP contribution in [-0.4, -0.2) is 12.1 Å². The summed E-state index contributed by atoms with van der Waals surface area (Å²) < 4.78 is 12.7. The van der Waals surface area contributed by atoms with Crippen LogP contribution in [0.5, 0.6) is 5.75 Å². The SMILES string of the molecule is COc1ccc(-c2c/c(=N\Nc3nc4ccccc4s3)c3c(C)cc(C)cc3o2)cc1. The van der Waals surface area contributed by atoms with Crippen molar-refractivity contribution in [2.45, 2.75) is 13.8 Å². The molecule has 0 atom stereocenters. The molecule has 5 nitrogen and oxygen atoms in total. The van der Waals surface area contributed by atoms with E-state index in [-0.39, 0.29) is 0 Å². The lowest BCUT2D eigenvalue weighted by molar-refractivity contribution is 0.415. The smallest absolute Gasteiger partial charge is 0.204 e. The molecule has 6 heteroatoms. The van der Waals surface area contributed by atoms with Gasteiger partial charge < -0.3 is 9.15 Å². The number of aromatic nitrogens is 1. The topological polar surface area (TPSA) is 59.6 Å². The van der Waals surface area contributed by atoms with Crippen LogP contribution in [0.15, 0.2) is 76.2 Å². The second-order valence-electron chi connectivity index (χ2n) is 7.39. The minimum absolute atomic E-state index is 0.741. The number of methoxy groups -OCH3 is 1. The molecule has 0 amide bonds. The maximum Gasteiger partial charge on any atom is 0.204 e. The van der Waals surface area contributed by atoms with Crippen LogP contribution in [0.3, 0.4) is 0 Å². The van der Waals surface area contributed by atoms with Crippen molar-refractivity contribution in [2.24, 2.45) is 5.10 Å². The fourth-order valence-electron chi connectivity index (χ4n) is 3.70. The lowest BCUT2D eigenvalue weighted by atomic mass is 10.0. The van der Waals surface area contributed by atoms with Gasteiger partial charge in [0.05, 0.1) is 22.7 Å². The number of aryl methyl sites for hydroxylation is 2. The standard InChI is InChI=1S/C25H21N3O2S/c1-15-12-16(2)24-20(27-28-25-26-19-6-4-5-7-23(19)31-25)14-21(30-22(24)13-15)17-8-10-18(29-3)11-9-17/h4-14H,1-3H3,(H,26,28)/b27-20+. The Morgan fingerprint density at radius 2 is 1.81 bits per heavy atom. The molecule has 0 aliphatic carbocycles. The molecular weight excluding hydrogens is 406 g/mol. The Hall–Kier alpha value is -3.64. The van der Waals surface area contributed by atoms with E-state index in [1.165, 1.54) is 0 Å². The number of ether oxygens (including phenoxy) is 1. The highest BCUT2D eigenvalue weighted by atomic mass is 32.1. The van der Waals surface area contributed by atoms with E-state index in [1.54, 1.807) is 18.4 Å². The zero-order valence-electron chi connectivity index (χ0n) is 17.5. The number of hydrogen-bond acceptors (Lipinski definition) is 6. The molecular formula is C25H21N3O2S. The van der Waals surface area contributed by atoms with E-state index in [0.717, 1.165) is 59.9 Å². The number of hydrogen-bond donors (Lipinski definition) is 1. The Kier molecular flexibility index (Phi) is 4.92. The van der Waals surface area contributed by atoms with Crippen LogP contribution in [0.25, 0.3) is 32.5 Å². The molecule has 154 valence electrons. The van der Waals surface area contributed by atoms with Crippen molar-refractivity contribution >= 4 is 37.7 Å². The Bertz CT molecular complexity index is 1430. The first-order valence-corrected chi connectivity index (χ1v) is 10.8. The van der Waals surface area contributed by atoms with E-state index < -0.39 is 0 Å². The van der Waals surface area contributed by atoms with Gasteiger partial charge in [-0.3, -0.25) is 5.43 Å². The lowest BCUT2D eigenvalue weighted by Gasteiger charge is -2.09. The molecule has 0 aliphatic heterocycles. The number of thiazole rings is 1. The molecule has 2 aromatic heterocycles. The number of benzene rings is 3. The number of anilines is 1. The van der Waals surface area contributed by atoms with Crippen molar-refractivity contribution in [3.05, 3.63) is 83.2 Å². The number of nitrogens with one attached hydrogen (secondary N) is 1. The molecule has 5 aromatic rings. The third-order valence-electron chi connectivity index (χ3n) is 5.13. The number of rotatable bonds is 4. The van der Waals surface area contributed by atoms with Gasteiger partial charge in [-0.1, -0.05) is 29.5 Å². The van der Waals surface area contributed by atoms with Crippen LogP contribution in [0, 0.1) is 13.8 Å². The Morgan fingerprint density at radius 3 is 2.58 bits per heavy atom. The zero-order valence-corrected chi connectivity index (χ0v) is 18.3. The molecule has 0 radical (unpaired) electrons. The molecule has 0 aliphatic rings. The molecule has 5 rings (SSSR count). The van der Waals surface area contributed by atoms with Crippen LogP contribution in [0.1, 0.15) is 11.1 Å². The first-order chi connectivity index (χ1) is 15.1. The van der Waals surface area contributed by atoms with Gasteiger partial charge >= 0.3 is 0 Å². The lowest BCUT2D eigenvalue weighted by Crippen LogP contribution is -2.09. The van der Waals surface area contributed by atoms with Gasteiger partial charge in [0.1, 0.15) is 17.1 Å². The third-order valence-corrected chi connectivity index (χ3v) is 6.07. The predicted molar refractivity (Wildman–Crippen MR) is 126 cm³/mol. The van der Waals surface area contributed by atoms with Crippen LogP contribution in [-0.2, 0) is 0 Å². The van der Waals surface area contributed by atoms with Gasteiger partial charge in [0.25, 0.3) is 0 Å². The number of fused-ring (bicyclic) bond motifs is 2. The van der Waals surface area contributed by atoms with E-state index in [1.807, 2.05) is 54.6 Å². The Balaban J connectivity index is 1.66. The summed E-state index contributed by atoms with van der Waals surface area (Å²) in [5, 5.41) is 7.27. The van der Waals surface area contributed by atoms with E-state index in [4.69, 9.17) is 14.3 Å². The summed E-state index contributed by atoms with van der Waals surface area (Å²) in [5.41, 5.74) is 8.13. The monoisotopic (exact) mass is 427 g/mol. The molecule has 0 spiro atoms. The largest absolute Gasteiger partial charge is 0.497 e. The molecule has 2 heterocycles. The summed E-state index contributed by atoms with van der Waals surface area (Å²) in [6, 6.07) is 22.0. The predicted octanol–water partition coefficient (Wildman–Crippen LogP) is 6.26. The molecule has 3 aromatic carbocycles. The van der Waals surface area contributed by atoms with E-state index in [0.29, 0.717) is 0 Å². The van der Waals surface area contributed by atoms with Gasteiger partial charge in [-0.05, 0) is 67.4 Å². The number of para-hydroxylation sites is 1. The molecule has 31 heavy (non-hydrogen) atoms. The highest BCUT2D eigenvalue weighted by Crippen LogP contribution is 2.27. The summed E-state index contributed by atoms with van der Waals surface area (Å²) in [5.74, 6) is 1.55. The average molecular weight is 428 g/mol. The summed E-state index contributed by atoms with van der Waals surface area (Å²) >= 11 is 1.58. The van der Waals surface area contributed by atoms with Gasteiger partial charge in [-0.25, -0.2) is 4.98 Å². The van der Waals surface area contributed by atoms with Crippen molar-refractivity contribution in [3.63, 3.8) is 0 Å². The Morgan fingerprint density at radius 1 is 1.00 bits per heavy atom.